The fourth-order valence-electron chi connectivity index (χ4n) is 2.92. The molecule has 0 radical (unpaired) electrons. The van der Waals surface area contributed by atoms with Crippen molar-refractivity contribution in [2.24, 2.45) is 0 Å². The fourth-order valence-corrected chi connectivity index (χ4v) is 3.78. The molecule has 0 bridgehead atoms. The normalized spacial score (nSPS) is 20.4. The predicted molar refractivity (Wildman–Crippen MR) is 84.7 cm³/mol. The van der Waals surface area contributed by atoms with Gasteiger partial charge >= 0.3 is 5.97 Å². The van der Waals surface area contributed by atoms with Gasteiger partial charge in [-0.1, -0.05) is 6.08 Å². The molecule has 1 aliphatic heterocycles. The van der Waals surface area contributed by atoms with Crippen LogP contribution in [-0.2, 0) is 16.8 Å². The van der Waals surface area contributed by atoms with E-state index in [1.54, 1.807) is 11.8 Å². The van der Waals surface area contributed by atoms with Crippen molar-refractivity contribution in [3.05, 3.63) is 42.9 Å². The maximum atomic E-state index is 11.7. The van der Waals surface area contributed by atoms with Crippen molar-refractivity contribution in [3.8, 4) is 11.3 Å². The summed E-state index contributed by atoms with van der Waals surface area (Å²) in [4.78, 5) is 15.9. The largest absolute Gasteiger partial charge is 0.481 e. The molecule has 0 saturated heterocycles. The van der Waals surface area contributed by atoms with Crippen molar-refractivity contribution < 1.29 is 9.90 Å². The van der Waals surface area contributed by atoms with Gasteiger partial charge in [0.05, 0.1) is 5.69 Å². The molecule has 1 aliphatic rings. The van der Waals surface area contributed by atoms with Crippen molar-refractivity contribution in [1.82, 2.24) is 9.55 Å². The van der Waals surface area contributed by atoms with Crippen LogP contribution >= 0.6 is 11.8 Å². The number of thioether (sulfide) groups is 1. The first-order valence-corrected chi connectivity index (χ1v) is 7.91. The molecule has 0 saturated carbocycles. The van der Waals surface area contributed by atoms with Crippen LogP contribution in [0.1, 0.15) is 19.0 Å². The molecule has 0 spiro atoms. The Bertz CT molecular complexity index is 687. The molecule has 110 valence electrons. The zero-order valence-corrected chi connectivity index (χ0v) is 12.7. The smallest absolute Gasteiger partial charge is 0.315 e. The van der Waals surface area contributed by atoms with Crippen LogP contribution in [0.15, 0.2) is 42.1 Å². The number of hydrogen-bond donors (Lipinski definition) is 2. The summed E-state index contributed by atoms with van der Waals surface area (Å²) in [6.45, 7) is 6.32. The van der Waals surface area contributed by atoms with E-state index >= 15 is 0 Å². The third kappa shape index (κ3) is 2.12. The van der Waals surface area contributed by atoms with Gasteiger partial charge in [0.25, 0.3) is 0 Å². The van der Waals surface area contributed by atoms with E-state index in [1.807, 2.05) is 37.5 Å². The lowest BCUT2D eigenvalue weighted by molar-refractivity contribution is -0.143. The molecular formula is C16H18N2O2S. The molecule has 21 heavy (non-hydrogen) atoms. The molecule has 0 aromatic carbocycles. The zero-order chi connectivity index (χ0) is 15.0. The lowest BCUT2D eigenvalue weighted by Crippen LogP contribution is -2.29. The number of nitrogens with one attached hydrogen (secondary N) is 1. The van der Waals surface area contributed by atoms with Gasteiger partial charge in [-0.05, 0) is 25.5 Å². The number of H-pyrrole nitrogens is 1. The van der Waals surface area contributed by atoms with Crippen molar-refractivity contribution in [3.63, 3.8) is 0 Å². The molecule has 5 heteroatoms. The third-order valence-electron chi connectivity index (χ3n) is 4.16. The number of fused-ring (bicyclic) bond motifs is 1. The summed E-state index contributed by atoms with van der Waals surface area (Å²) in [5.41, 5.74) is 2.32. The second kappa shape index (κ2) is 5.15. The molecule has 1 unspecified atom stereocenters. The van der Waals surface area contributed by atoms with Gasteiger partial charge in [-0.2, -0.15) is 0 Å². The van der Waals surface area contributed by atoms with Crippen molar-refractivity contribution in [2.75, 3.05) is 5.75 Å². The summed E-state index contributed by atoms with van der Waals surface area (Å²) >= 11 is 1.70. The molecule has 2 aromatic heterocycles. The summed E-state index contributed by atoms with van der Waals surface area (Å²) < 4.78 is 2.16. The maximum absolute atomic E-state index is 11.7. The first-order chi connectivity index (χ1) is 10.1. The number of carboxylic acids is 1. The molecule has 2 N–H and O–H groups in total. The SMILES string of the molecule is C=CCSc1cc2n(c1-c1cc[nH]c1)CCC2(C)C(=O)O. The summed E-state index contributed by atoms with van der Waals surface area (Å²) in [5.74, 6) is 0.0598. The number of carbonyl (C=O) groups is 1. The van der Waals surface area contributed by atoms with E-state index in [9.17, 15) is 9.90 Å². The van der Waals surface area contributed by atoms with Crippen LogP contribution in [0.3, 0.4) is 0 Å². The van der Waals surface area contributed by atoms with Gasteiger partial charge in [-0.15, -0.1) is 18.3 Å². The average Bonchev–Trinajstić information content (AvgIpc) is 3.14. The van der Waals surface area contributed by atoms with Gasteiger partial charge in [0, 0.05) is 40.8 Å². The van der Waals surface area contributed by atoms with Crippen LogP contribution < -0.4 is 0 Å². The van der Waals surface area contributed by atoms with E-state index in [0.29, 0.717) is 6.42 Å². The lowest BCUT2D eigenvalue weighted by atomic mass is 9.86. The van der Waals surface area contributed by atoms with Crippen LogP contribution in [0, 0.1) is 0 Å². The highest BCUT2D eigenvalue weighted by molar-refractivity contribution is 7.99. The van der Waals surface area contributed by atoms with Crippen LogP contribution in [-0.4, -0.2) is 26.4 Å². The first-order valence-electron chi connectivity index (χ1n) is 6.92. The fraction of sp³-hybridized carbons (Fsp3) is 0.312. The molecule has 0 fully saturated rings. The van der Waals surface area contributed by atoms with Crippen molar-refractivity contribution in [2.45, 2.75) is 30.2 Å². The second-order valence-electron chi connectivity index (χ2n) is 5.48. The number of aromatic amines is 1. The lowest BCUT2D eigenvalue weighted by Gasteiger charge is -2.16. The molecule has 0 aliphatic carbocycles. The van der Waals surface area contributed by atoms with Crippen LogP contribution in [0.5, 0.6) is 0 Å². The highest BCUT2D eigenvalue weighted by Crippen LogP contribution is 2.44. The summed E-state index contributed by atoms with van der Waals surface area (Å²) in [5, 5.41) is 9.58. The van der Waals surface area contributed by atoms with Gasteiger partial charge in [0.2, 0.25) is 0 Å². The van der Waals surface area contributed by atoms with Gasteiger partial charge in [0.15, 0.2) is 0 Å². The minimum atomic E-state index is -0.794. The molecule has 1 atom stereocenters. The Balaban J connectivity index is 2.15. The van der Waals surface area contributed by atoms with E-state index in [2.05, 4.69) is 16.1 Å². The Morgan fingerprint density at radius 1 is 1.67 bits per heavy atom. The highest BCUT2D eigenvalue weighted by Gasteiger charge is 2.43. The number of carboxylic acid groups (broad SMARTS) is 1. The van der Waals surface area contributed by atoms with Crippen LogP contribution in [0.2, 0.25) is 0 Å². The predicted octanol–water partition coefficient (Wildman–Crippen LogP) is 3.51. The van der Waals surface area contributed by atoms with E-state index in [4.69, 9.17) is 0 Å². The van der Waals surface area contributed by atoms with Gasteiger partial charge in [-0.3, -0.25) is 4.79 Å². The van der Waals surface area contributed by atoms with Crippen LogP contribution in [0.25, 0.3) is 11.3 Å². The minimum absolute atomic E-state index is 0.640. The second-order valence-corrected chi connectivity index (χ2v) is 6.54. The Kier molecular flexibility index (Phi) is 3.45. The van der Waals surface area contributed by atoms with Gasteiger partial charge < -0.3 is 14.7 Å². The molecule has 3 rings (SSSR count). The first kappa shape index (κ1) is 14.1. The highest BCUT2D eigenvalue weighted by atomic mass is 32.2. The Morgan fingerprint density at radius 2 is 2.48 bits per heavy atom. The van der Waals surface area contributed by atoms with Crippen molar-refractivity contribution >= 4 is 17.7 Å². The Morgan fingerprint density at radius 3 is 3.10 bits per heavy atom. The van der Waals surface area contributed by atoms with E-state index in [0.717, 1.165) is 34.1 Å². The molecule has 0 amide bonds. The zero-order valence-electron chi connectivity index (χ0n) is 11.9. The van der Waals surface area contributed by atoms with E-state index in [-0.39, 0.29) is 0 Å². The average molecular weight is 302 g/mol. The third-order valence-corrected chi connectivity index (χ3v) is 5.19. The molecule has 4 nitrogen and oxygen atoms in total. The summed E-state index contributed by atoms with van der Waals surface area (Å²) in [7, 11) is 0. The number of nitrogens with zero attached hydrogens (tertiary/aromatic N) is 1. The number of aromatic nitrogens is 2. The summed E-state index contributed by atoms with van der Waals surface area (Å²) in [6, 6.07) is 4.06. The van der Waals surface area contributed by atoms with E-state index < -0.39 is 11.4 Å². The molecule has 2 aromatic rings. The van der Waals surface area contributed by atoms with Crippen LogP contribution in [0.4, 0.5) is 0 Å². The standard InChI is InChI=1S/C16H18N2O2S/c1-3-8-21-12-9-13-16(2,15(19)20)5-7-18(13)14(12)11-4-6-17-10-11/h3-4,6,9-10,17H,1,5,7-8H2,2H3,(H,19,20). The number of aliphatic carboxylic acids is 1. The quantitative estimate of drug-likeness (QED) is 0.656. The minimum Gasteiger partial charge on any atom is -0.481 e. The monoisotopic (exact) mass is 302 g/mol. The number of rotatable bonds is 5. The maximum Gasteiger partial charge on any atom is 0.315 e. The van der Waals surface area contributed by atoms with Gasteiger partial charge in [0.1, 0.15) is 5.41 Å². The Labute approximate surface area is 127 Å². The molecular weight excluding hydrogens is 284 g/mol. The Hall–Kier alpha value is -1.88. The summed E-state index contributed by atoms with van der Waals surface area (Å²) in [6.07, 6.45) is 6.35. The van der Waals surface area contributed by atoms with Crippen molar-refractivity contribution in [1.29, 1.82) is 0 Å². The van der Waals surface area contributed by atoms with E-state index in [1.165, 1.54) is 0 Å². The van der Waals surface area contributed by atoms with Gasteiger partial charge in [-0.25, -0.2) is 0 Å². The number of hydrogen-bond acceptors (Lipinski definition) is 2. The molecule has 3 heterocycles. The topological polar surface area (TPSA) is 58.0 Å².